The van der Waals surface area contributed by atoms with Crippen LogP contribution in [0.2, 0.25) is 0 Å². The number of esters is 1. The highest BCUT2D eigenvalue weighted by Crippen LogP contribution is 2.42. The first-order valence-corrected chi connectivity index (χ1v) is 5.70. The van der Waals surface area contributed by atoms with E-state index in [0.29, 0.717) is 30.3 Å². The van der Waals surface area contributed by atoms with Crippen molar-refractivity contribution in [3.63, 3.8) is 0 Å². The van der Waals surface area contributed by atoms with Crippen LogP contribution in [-0.2, 0) is 9.47 Å². The van der Waals surface area contributed by atoms with Crippen LogP contribution in [0.1, 0.15) is 23.2 Å². The van der Waals surface area contributed by atoms with Gasteiger partial charge in [-0.2, -0.15) is 0 Å². The molecular weight excluding hydrogens is 204 g/mol. The minimum absolute atomic E-state index is 0.220. The number of hydrogen-bond donors (Lipinski definition) is 0. The van der Waals surface area contributed by atoms with Crippen molar-refractivity contribution in [3.05, 3.63) is 35.9 Å². The summed E-state index contributed by atoms with van der Waals surface area (Å²) in [6.07, 6.45) is 3.01. The Hall–Kier alpha value is -1.35. The average molecular weight is 218 g/mol. The molecule has 0 radical (unpaired) electrons. The molecule has 2 aliphatic rings. The molecule has 16 heavy (non-hydrogen) atoms. The lowest BCUT2D eigenvalue weighted by Gasteiger charge is -2.11. The van der Waals surface area contributed by atoms with Crippen LogP contribution in [0, 0.1) is 5.92 Å². The third kappa shape index (κ3) is 1.95. The van der Waals surface area contributed by atoms with Crippen molar-refractivity contribution in [3.8, 4) is 0 Å². The van der Waals surface area contributed by atoms with Crippen LogP contribution in [-0.4, -0.2) is 24.8 Å². The molecule has 3 heteroatoms. The zero-order chi connectivity index (χ0) is 11.0. The van der Waals surface area contributed by atoms with Crippen LogP contribution in [0.3, 0.4) is 0 Å². The number of rotatable bonds is 3. The Bertz CT molecular complexity index is 377. The summed E-state index contributed by atoms with van der Waals surface area (Å²) in [4.78, 5) is 11.6. The van der Waals surface area contributed by atoms with Gasteiger partial charge >= 0.3 is 5.97 Å². The van der Waals surface area contributed by atoms with Crippen molar-refractivity contribution in [1.82, 2.24) is 0 Å². The quantitative estimate of drug-likeness (QED) is 0.575. The van der Waals surface area contributed by atoms with E-state index in [0.717, 1.165) is 12.8 Å². The summed E-state index contributed by atoms with van der Waals surface area (Å²) in [5.74, 6) is 0.276. The van der Waals surface area contributed by atoms with Crippen LogP contribution >= 0.6 is 0 Å². The third-order valence-electron chi connectivity index (χ3n) is 3.28. The number of epoxide rings is 1. The van der Waals surface area contributed by atoms with E-state index >= 15 is 0 Å². The number of carbonyl (C=O) groups is 1. The SMILES string of the molecule is O=C(OCC1C[C@@H]2O[C@@H]2C1)c1ccccc1. The second kappa shape index (κ2) is 3.91. The molecule has 3 nitrogen and oxygen atoms in total. The van der Waals surface area contributed by atoms with Crippen LogP contribution in [0.25, 0.3) is 0 Å². The fourth-order valence-electron chi connectivity index (χ4n) is 2.33. The van der Waals surface area contributed by atoms with Crippen molar-refractivity contribution in [1.29, 1.82) is 0 Å². The Kier molecular flexibility index (Phi) is 2.40. The van der Waals surface area contributed by atoms with Gasteiger partial charge in [-0.15, -0.1) is 0 Å². The highest BCUT2D eigenvalue weighted by atomic mass is 16.6. The summed E-state index contributed by atoms with van der Waals surface area (Å²) in [6, 6.07) is 9.12. The van der Waals surface area contributed by atoms with E-state index in [1.54, 1.807) is 12.1 Å². The van der Waals surface area contributed by atoms with E-state index in [4.69, 9.17) is 9.47 Å². The van der Waals surface area contributed by atoms with Gasteiger partial charge in [0.25, 0.3) is 0 Å². The molecule has 1 saturated heterocycles. The summed E-state index contributed by atoms with van der Waals surface area (Å²) in [7, 11) is 0. The Morgan fingerprint density at radius 1 is 1.25 bits per heavy atom. The number of carbonyl (C=O) groups excluding carboxylic acids is 1. The monoisotopic (exact) mass is 218 g/mol. The Labute approximate surface area is 94.4 Å². The Morgan fingerprint density at radius 2 is 1.94 bits per heavy atom. The standard InChI is InChI=1S/C13H14O3/c14-13(10-4-2-1-3-5-10)15-8-9-6-11-12(7-9)16-11/h1-5,9,11-12H,6-8H2/t9?,11-,12+. The largest absolute Gasteiger partial charge is 0.462 e. The molecule has 0 bridgehead atoms. The van der Waals surface area contributed by atoms with Crippen molar-refractivity contribution >= 4 is 5.97 Å². The first kappa shape index (κ1) is 9.85. The Morgan fingerprint density at radius 3 is 2.62 bits per heavy atom. The van der Waals surface area contributed by atoms with E-state index in [1.807, 2.05) is 18.2 Å². The maximum absolute atomic E-state index is 11.6. The lowest BCUT2D eigenvalue weighted by molar-refractivity contribution is 0.0415. The van der Waals surface area contributed by atoms with Gasteiger partial charge in [0, 0.05) is 0 Å². The second-order valence-corrected chi connectivity index (χ2v) is 4.51. The summed E-state index contributed by atoms with van der Waals surface area (Å²) in [5, 5.41) is 0. The van der Waals surface area contributed by atoms with Crippen LogP contribution in [0.5, 0.6) is 0 Å². The first-order valence-electron chi connectivity index (χ1n) is 5.70. The zero-order valence-electron chi connectivity index (χ0n) is 8.96. The van der Waals surface area contributed by atoms with E-state index in [2.05, 4.69) is 0 Å². The molecule has 1 unspecified atom stereocenters. The van der Waals surface area contributed by atoms with Gasteiger partial charge in [-0.1, -0.05) is 18.2 Å². The summed E-state index contributed by atoms with van der Waals surface area (Å²) in [5.41, 5.74) is 0.627. The predicted molar refractivity (Wildman–Crippen MR) is 58.1 cm³/mol. The fraction of sp³-hybridized carbons (Fsp3) is 0.462. The molecule has 1 aliphatic carbocycles. The molecule has 2 fully saturated rings. The third-order valence-corrected chi connectivity index (χ3v) is 3.28. The average Bonchev–Trinajstić information content (AvgIpc) is 2.95. The van der Waals surface area contributed by atoms with Gasteiger partial charge in [0.05, 0.1) is 24.4 Å². The minimum atomic E-state index is -0.220. The van der Waals surface area contributed by atoms with Crippen molar-refractivity contribution in [2.75, 3.05) is 6.61 Å². The molecule has 1 aromatic carbocycles. The van der Waals surface area contributed by atoms with Crippen LogP contribution in [0.4, 0.5) is 0 Å². The minimum Gasteiger partial charge on any atom is -0.462 e. The number of ether oxygens (including phenoxy) is 2. The van der Waals surface area contributed by atoms with Crippen molar-refractivity contribution < 1.29 is 14.3 Å². The van der Waals surface area contributed by atoms with Gasteiger partial charge in [-0.3, -0.25) is 0 Å². The molecule has 84 valence electrons. The van der Waals surface area contributed by atoms with E-state index in [1.165, 1.54) is 0 Å². The van der Waals surface area contributed by atoms with Crippen LogP contribution < -0.4 is 0 Å². The van der Waals surface area contributed by atoms with Gasteiger partial charge in [-0.25, -0.2) is 4.79 Å². The molecule has 0 N–H and O–H groups in total. The van der Waals surface area contributed by atoms with Gasteiger partial charge in [0.15, 0.2) is 0 Å². The molecular formula is C13H14O3. The second-order valence-electron chi connectivity index (χ2n) is 4.51. The number of hydrogen-bond acceptors (Lipinski definition) is 3. The highest BCUT2D eigenvalue weighted by Gasteiger charge is 2.48. The Balaban J connectivity index is 1.50. The van der Waals surface area contributed by atoms with E-state index in [9.17, 15) is 4.79 Å². The number of benzene rings is 1. The van der Waals surface area contributed by atoms with E-state index in [-0.39, 0.29) is 5.97 Å². The zero-order valence-corrected chi connectivity index (χ0v) is 8.96. The van der Waals surface area contributed by atoms with Crippen molar-refractivity contribution in [2.24, 2.45) is 5.92 Å². The summed E-state index contributed by atoms with van der Waals surface area (Å²) >= 11 is 0. The molecule has 1 saturated carbocycles. The lowest BCUT2D eigenvalue weighted by atomic mass is 10.1. The molecule has 3 atom stereocenters. The lowest BCUT2D eigenvalue weighted by Crippen LogP contribution is -2.13. The first-order chi connectivity index (χ1) is 7.83. The van der Waals surface area contributed by atoms with Gasteiger partial charge in [0.2, 0.25) is 0 Å². The molecule has 1 aromatic rings. The normalized spacial score (nSPS) is 30.9. The van der Waals surface area contributed by atoms with Crippen molar-refractivity contribution in [2.45, 2.75) is 25.0 Å². The van der Waals surface area contributed by atoms with E-state index < -0.39 is 0 Å². The number of fused-ring (bicyclic) bond motifs is 1. The van der Waals surface area contributed by atoms with Gasteiger partial charge < -0.3 is 9.47 Å². The highest BCUT2D eigenvalue weighted by molar-refractivity contribution is 5.89. The molecule has 0 aromatic heterocycles. The summed E-state index contributed by atoms with van der Waals surface area (Å²) in [6.45, 7) is 0.532. The van der Waals surface area contributed by atoms with Crippen LogP contribution in [0.15, 0.2) is 30.3 Å². The fourth-order valence-corrected chi connectivity index (χ4v) is 2.33. The topological polar surface area (TPSA) is 38.8 Å². The summed E-state index contributed by atoms with van der Waals surface area (Å²) < 4.78 is 10.6. The maximum Gasteiger partial charge on any atom is 0.338 e. The molecule has 0 spiro atoms. The predicted octanol–water partition coefficient (Wildman–Crippen LogP) is 2.02. The molecule has 1 aliphatic heterocycles. The van der Waals surface area contributed by atoms with Gasteiger partial charge in [-0.05, 0) is 30.9 Å². The smallest absolute Gasteiger partial charge is 0.338 e. The van der Waals surface area contributed by atoms with Gasteiger partial charge in [0.1, 0.15) is 0 Å². The maximum atomic E-state index is 11.6. The molecule has 3 rings (SSSR count). The molecule has 1 heterocycles. The molecule has 0 amide bonds.